The van der Waals surface area contributed by atoms with Crippen molar-refractivity contribution >= 4 is 5.97 Å². The number of esters is 1. The van der Waals surface area contributed by atoms with Gasteiger partial charge in [0, 0.05) is 5.57 Å². The molecule has 0 rings (SSSR count). The van der Waals surface area contributed by atoms with Gasteiger partial charge in [0.2, 0.25) is 0 Å². The molecular weight excluding hydrogens is 226 g/mol. The number of ether oxygens (including phenoxy) is 1. The molecule has 0 bridgehead atoms. The molecule has 0 aromatic rings. The predicted molar refractivity (Wildman–Crippen MR) is 76.4 cm³/mol. The second-order valence-electron chi connectivity index (χ2n) is 4.71. The van der Waals surface area contributed by atoms with Gasteiger partial charge in [0.25, 0.3) is 0 Å². The van der Waals surface area contributed by atoms with Gasteiger partial charge in [0.15, 0.2) is 0 Å². The Labute approximate surface area is 112 Å². The lowest BCUT2D eigenvalue weighted by atomic mass is 9.98. The number of carbonyl (C=O) groups excluding carboxylic acids is 1. The van der Waals surface area contributed by atoms with Crippen LogP contribution in [-0.4, -0.2) is 19.1 Å². The van der Waals surface area contributed by atoms with Crippen molar-refractivity contribution in [3.63, 3.8) is 0 Å². The van der Waals surface area contributed by atoms with Gasteiger partial charge in [-0.2, -0.15) is 0 Å². The summed E-state index contributed by atoms with van der Waals surface area (Å²) in [6, 6.07) is 0. The smallest absolute Gasteiger partial charge is 0.333 e. The molecule has 0 aliphatic rings. The number of hydrogen-bond donors (Lipinski definition) is 1. The van der Waals surface area contributed by atoms with E-state index in [-0.39, 0.29) is 5.97 Å². The van der Waals surface area contributed by atoms with Crippen LogP contribution >= 0.6 is 0 Å². The van der Waals surface area contributed by atoms with Crippen molar-refractivity contribution in [1.29, 1.82) is 0 Å². The van der Waals surface area contributed by atoms with Crippen LogP contribution in [0, 0.1) is 0 Å². The van der Waals surface area contributed by atoms with Crippen LogP contribution in [0.15, 0.2) is 11.1 Å². The second kappa shape index (κ2) is 11.3. The van der Waals surface area contributed by atoms with Crippen LogP contribution in [0.5, 0.6) is 0 Å². The largest absolute Gasteiger partial charge is 0.462 e. The molecule has 0 aliphatic heterocycles. The van der Waals surface area contributed by atoms with Crippen molar-refractivity contribution in [3.05, 3.63) is 11.1 Å². The maximum atomic E-state index is 11.9. The van der Waals surface area contributed by atoms with E-state index in [1.807, 2.05) is 6.92 Å². The molecule has 0 fully saturated rings. The Morgan fingerprint density at radius 1 is 1.06 bits per heavy atom. The summed E-state index contributed by atoms with van der Waals surface area (Å²) in [5.41, 5.74) is 7.47. The highest BCUT2D eigenvalue weighted by atomic mass is 16.5. The van der Waals surface area contributed by atoms with Gasteiger partial charge < -0.3 is 10.5 Å². The highest BCUT2D eigenvalue weighted by molar-refractivity contribution is 5.88. The standard InChI is InChI=1S/C15H29NO2/c1-4-6-9-14(10-7-5-2)13(3)15(17)18-12-8-11-16/h4-12,16H2,1-3H3. The van der Waals surface area contributed by atoms with Gasteiger partial charge in [-0.3, -0.25) is 0 Å². The third kappa shape index (κ3) is 7.49. The summed E-state index contributed by atoms with van der Waals surface area (Å²) in [6.45, 7) is 7.24. The van der Waals surface area contributed by atoms with Gasteiger partial charge in [-0.25, -0.2) is 4.79 Å². The maximum Gasteiger partial charge on any atom is 0.333 e. The summed E-state index contributed by atoms with van der Waals surface area (Å²) >= 11 is 0. The summed E-state index contributed by atoms with van der Waals surface area (Å²) in [7, 11) is 0. The summed E-state index contributed by atoms with van der Waals surface area (Å²) in [6.07, 6.45) is 7.39. The number of unbranched alkanes of at least 4 members (excludes halogenated alkanes) is 2. The van der Waals surface area contributed by atoms with E-state index in [2.05, 4.69) is 13.8 Å². The fraction of sp³-hybridized carbons (Fsp3) is 0.800. The summed E-state index contributed by atoms with van der Waals surface area (Å²) < 4.78 is 5.21. The molecule has 0 heterocycles. The first-order valence-corrected chi connectivity index (χ1v) is 7.23. The van der Waals surface area contributed by atoms with Gasteiger partial charge in [0.05, 0.1) is 6.61 Å². The Kier molecular flexibility index (Phi) is 10.8. The molecular formula is C15H29NO2. The van der Waals surface area contributed by atoms with Crippen LogP contribution < -0.4 is 5.73 Å². The van der Waals surface area contributed by atoms with E-state index in [1.54, 1.807) is 0 Å². The van der Waals surface area contributed by atoms with Crippen LogP contribution in [0.3, 0.4) is 0 Å². The Bertz CT molecular complexity index is 249. The van der Waals surface area contributed by atoms with E-state index in [4.69, 9.17) is 10.5 Å². The first-order valence-electron chi connectivity index (χ1n) is 7.23. The number of rotatable bonds is 10. The average Bonchev–Trinajstić information content (AvgIpc) is 2.38. The van der Waals surface area contributed by atoms with E-state index in [9.17, 15) is 4.79 Å². The van der Waals surface area contributed by atoms with Crippen LogP contribution in [0.1, 0.15) is 65.7 Å². The number of allylic oxidation sites excluding steroid dienone is 1. The monoisotopic (exact) mass is 255 g/mol. The third-order valence-corrected chi connectivity index (χ3v) is 3.08. The molecule has 3 heteroatoms. The van der Waals surface area contributed by atoms with Crippen LogP contribution in [0.4, 0.5) is 0 Å². The molecule has 2 N–H and O–H groups in total. The Morgan fingerprint density at radius 3 is 2.06 bits per heavy atom. The summed E-state index contributed by atoms with van der Waals surface area (Å²) in [5, 5.41) is 0. The van der Waals surface area contributed by atoms with Gasteiger partial charge in [-0.15, -0.1) is 0 Å². The fourth-order valence-electron chi connectivity index (χ4n) is 1.78. The fourth-order valence-corrected chi connectivity index (χ4v) is 1.78. The Balaban J connectivity index is 4.44. The second-order valence-corrected chi connectivity index (χ2v) is 4.71. The lowest BCUT2D eigenvalue weighted by Gasteiger charge is -2.11. The van der Waals surface area contributed by atoms with E-state index >= 15 is 0 Å². The molecule has 3 nitrogen and oxygen atoms in total. The molecule has 0 spiro atoms. The molecule has 0 radical (unpaired) electrons. The lowest BCUT2D eigenvalue weighted by Crippen LogP contribution is -2.12. The first-order chi connectivity index (χ1) is 8.67. The zero-order valence-electron chi connectivity index (χ0n) is 12.3. The highest BCUT2D eigenvalue weighted by Crippen LogP contribution is 2.20. The van der Waals surface area contributed by atoms with Crippen molar-refractivity contribution in [1.82, 2.24) is 0 Å². The zero-order chi connectivity index (χ0) is 13.8. The van der Waals surface area contributed by atoms with Gasteiger partial charge >= 0.3 is 5.97 Å². The molecule has 0 amide bonds. The van der Waals surface area contributed by atoms with E-state index in [0.29, 0.717) is 13.2 Å². The quantitative estimate of drug-likeness (QED) is 0.369. The predicted octanol–water partition coefficient (Wildman–Crippen LogP) is 3.58. The summed E-state index contributed by atoms with van der Waals surface area (Å²) in [4.78, 5) is 11.9. The maximum absolute atomic E-state index is 11.9. The third-order valence-electron chi connectivity index (χ3n) is 3.08. The highest BCUT2D eigenvalue weighted by Gasteiger charge is 2.11. The van der Waals surface area contributed by atoms with Crippen molar-refractivity contribution in [2.45, 2.75) is 65.7 Å². The van der Waals surface area contributed by atoms with E-state index in [1.165, 1.54) is 5.57 Å². The Hall–Kier alpha value is -0.830. The topological polar surface area (TPSA) is 52.3 Å². The molecule has 0 saturated carbocycles. The summed E-state index contributed by atoms with van der Waals surface area (Å²) in [5.74, 6) is -0.161. The number of hydrogen-bond acceptors (Lipinski definition) is 3. The molecule has 0 unspecified atom stereocenters. The molecule has 18 heavy (non-hydrogen) atoms. The van der Waals surface area contributed by atoms with Crippen molar-refractivity contribution in [3.8, 4) is 0 Å². The minimum atomic E-state index is -0.161. The molecule has 0 atom stereocenters. The van der Waals surface area contributed by atoms with Crippen molar-refractivity contribution in [2.75, 3.05) is 13.2 Å². The van der Waals surface area contributed by atoms with E-state index in [0.717, 1.165) is 50.5 Å². The van der Waals surface area contributed by atoms with Crippen LogP contribution in [-0.2, 0) is 9.53 Å². The molecule has 0 saturated heterocycles. The average molecular weight is 255 g/mol. The molecule has 0 aromatic heterocycles. The van der Waals surface area contributed by atoms with Crippen molar-refractivity contribution < 1.29 is 9.53 Å². The zero-order valence-corrected chi connectivity index (χ0v) is 12.3. The first kappa shape index (κ1) is 17.2. The molecule has 0 aromatic carbocycles. The van der Waals surface area contributed by atoms with Gasteiger partial charge in [0.1, 0.15) is 0 Å². The van der Waals surface area contributed by atoms with Crippen LogP contribution in [0.2, 0.25) is 0 Å². The van der Waals surface area contributed by atoms with Crippen molar-refractivity contribution in [2.24, 2.45) is 5.73 Å². The van der Waals surface area contributed by atoms with E-state index < -0.39 is 0 Å². The normalized spacial score (nSPS) is 10.2. The number of carbonyl (C=O) groups is 1. The SMILES string of the molecule is CCCCC(CCCC)=C(C)C(=O)OCCCN. The minimum absolute atomic E-state index is 0.161. The lowest BCUT2D eigenvalue weighted by molar-refractivity contribution is -0.139. The minimum Gasteiger partial charge on any atom is -0.462 e. The van der Waals surface area contributed by atoms with Crippen LogP contribution in [0.25, 0.3) is 0 Å². The molecule has 0 aliphatic carbocycles. The molecule has 106 valence electrons. The Morgan fingerprint density at radius 2 is 1.61 bits per heavy atom. The van der Waals surface area contributed by atoms with Gasteiger partial charge in [-0.1, -0.05) is 32.3 Å². The van der Waals surface area contributed by atoms with Gasteiger partial charge in [-0.05, 0) is 45.6 Å². The number of nitrogens with two attached hydrogens (primary N) is 1.